The predicted octanol–water partition coefficient (Wildman–Crippen LogP) is 3.13. The summed E-state index contributed by atoms with van der Waals surface area (Å²) in [6.45, 7) is 5.07. The number of benzene rings is 1. The zero-order chi connectivity index (χ0) is 15.8. The summed E-state index contributed by atoms with van der Waals surface area (Å²) in [5.74, 6) is -1.30. The van der Waals surface area contributed by atoms with E-state index in [1.165, 1.54) is 0 Å². The minimum absolute atomic E-state index is 0.191. The second kappa shape index (κ2) is 8.25. The largest absolute Gasteiger partial charge is 0.362 e. The third-order valence-electron chi connectivity index (χ3n) is 3.42. The number of hydrogen-bond acceptors (Lipinski definition) is 4. The minimum atomic E-state index is -1.30. The maximum Gasteiger partial charge on any atom is 0.189 e. The van der Waals surface area contributed by atoms with Crippen LogP contribution in [0.2, 0.25) is 0 Å². The molecule has 1 aliphatic carbocycles. The van der Waals surface area contributed by atoms with Gasteiger partial charge in [0.1, 0.15) is 6.61 Å². The average Bonchev–Trinajstić information content (AvgIpc) is 2.55. The number of aliphatic hydroxyl groups is 1. The lowest BCUT2D eigenvalue weighted by Gasteiger charge is -2.29. The summed E-state index contributed by atoms with van der Waals surface area (Å²) in [4.78, 5) is 0. The van der Waals surface area contributed by atoms with Crippen LogP contribution in [0.1, 0.15) is 25.8 Å². The molecule has 1 N–H and O–H groups in total. The van der Waals surface area contributed by atoms with Gasteiger partial charge in [0.25, 0.3) is 0 Å². The van der Waals surface area contributed by atoms with E-state index in [-0.39, 0.29) is 6.61 Å². The molecule has 0 fully saturated rings. The van der Waals surface area contributed by atoms with Gasteiger partial charge in [-0.2, -0.15) is 0 Å². The first-order chi connectivity index (χ1) is 10.7. The second-order valence-electron chi connectivity index (χ2n) is 5.06. The maximum absolute atomic E-state index is 10.5. The molecule has 0 aromatic heterocycles. The van der Waals surface area contributed by atoms with E-state index < -0.39 is 12.1 Å². The van der Waals surface area contributed by atoms with Gasteiger partial charge < -0.3 is 19.3 Å². The monoisotopic (exact) mass is 304 g/mol. The second-order valence-corrected chi connectivity index (χ2v) is 5.06. The first-order valence-electron chi connectivity index (χ1n) is 7.71. The van der Waals surface area contributed by atoms with Crippen molar-refractivity contribution in [3.05, 3.63) is 54.1 Å². The SMILES string of the molecule is CCOC(COC1(O)C=CC(c2ccccc2)=CC1)OCC. The molecule has 0 heterocycles. The molecule has 120 valence electrons. The molecular formula is C18H24O4. The Hall–Kier alpha value is -1.46. The predicted molar refractivity (Wildman–Crippen MR) is 86.1 cm³/mol. The van der Waals surface area contributed by atoms with Crippen LogP contribution in [-0.4, -0.2) is 37.0 Å². The molecule has 0 spiro atoms. The highest BCUT2D eigenvalue weighted by molar-refractivity contribution is 5.75. The fourth-order valence-corrected chi connectivity index (χ4v) is 2.29. The smallest absolute Gasteiger partial charge is 0.189 e. The Morgan fingerprint density at radius 1 is 1.14 bits per heavy atom. The van der Waals surface area contributed by atoms with Crippen molar-refractivity contribution >= 4 is 5.57 Å². The molecule has 0 bridgehead atoms. The van der Waals surface area contributed by atoms with Gasteiger partial charge in [-0.05, 0) is 31.1 Å². The Bertz CT molecular complexity index is 503. The lowest BCUT2D eigenvalue weighted by Crippen LogP contribution is -2.35. The normalized spacial score (nSPS) is 21.2. The van der Waals surface area contributed by atoms with Gasteiger partial charge in [-0.15, -0.1) is 0 Å². The molecule has 4 nitrogen and oxygen atoms in total. The van der Waals surface area contributed by atoms with Gasteiger partial charge >= 0.3 is 0 Å². The molecule has 0 radical (unpaired) electrons. The zero-order valence-electron chi connectivity index (χ0n) is 13.2. The van der Waals surface area contributed by atoms with Crippen LogP contribution in [0.3, 0.4) is 0 Å². The summed E-state index contributed by atoms with van der Waals surface area (Å²) in [7, 11) is 0. The summed E-state index contributed by atoms with van der Waals surface area (Å²) < 4.78 is 16.4. The Kier molecular flexibility index (Phi) is 6.34. The van der Waals surface area contributed by atoms with Crippen LogP contribution >= 0.6 is 0 Å². The molecule has 4 heteroatoms. The van der Waals surface area contributed by atoms with Crippen molar-refractivity contribution in [1.82, 2.24) is 0 Å². The molecular weight excluding hydrogens is 280 g/mol. The van der Waals surface area contributed by atoms with Gasteiger partial charge in [-0.3, -0.25) is 0 Å². The van der Waals surface area contributed by atoms with Gasteiger partial charge in [0, 0.05) is 19.6 Å². The molecule has 1 aliphatic rings. The van der Waals surface area contributed by atoms with Crippen molar-refractivity contribution < 1.29 is 19.3 Å². The van der Waals surface area contributed by atoms with Crippen molar-refractivity contribution in [1.29, 1.82) is 0 Å². The van der Waals surface area contributed by atoms with E-state index in [1.54, 1.807) is 6.08 Å². The molecule has 0 amide bonds. The number of allylic oxidation sites excluding steroid dienone is 2. The fraction of sp³-hybridized carbons (Fsp3) is 0.444. The van der Waals surface area contributed by atoms with E-state index in [2.05, 4.69) is 0 Å². The summed E-state index contributed by atoms with van der Waals surface area (Å²) in [6.07, 6.45) is 5.50. The molecule has 0 saturated carbocycles. The third kappa shape index (κ3) is 4.78. The van der Waals surface area contributed by atoms with Crippen molar-refractivity contribution in [2.45, 2.75) is 32.3 Å². The van der Waals surface area contributed by atoms with Crippen LogP contribution in [0.25, 0.3) is 5.57 Å². The molecule has 0 aliphatic heterocycles. The molecule has 1 atom stereocenters. The number of ether oxygens (including phenoxy) is 3. The van der Waals surface area contributed by atoms with E-state index >= 15 is 0 Å². The van der Waals surface area contributed by atoms with E-state index in [1.807, 2.05) is 56.3 Å². The van der Waals surface area contributed by atoms with Gasteiger partial charge in [0.15, 0.2) is 12.1 Å². The van der Waals surface area contributed by atoms with Crippen molar-refractivity contribution in [3.8, 4) is 0 Å². The number of hydrogen-bond donors (Lipinski definition) is 1. The fourth-order valence-electron chi connectivity index (χ4n) is 2.29. The van der Waals surface area contributed by atoms with Crippen LogP contribution in [0.15, 0.2) is 48.6 Å². The van der Waals surface area contributed by atoms with E-state index in [4.69, 9.17) is 14.2 Å². The van der Waals surface area contributed by atoms with Crippen LogP contribution < -0.4 is 0 Å². The van der Waals surface area contributed by atoms with Gasteiger partial charge in [0.2, 0.25) is 0 Å². The van der Waals surface area contributed by atoms with E-state index in [0.717, 1.165) is 11.1 Å². The quantitative estimate of drug-likeness (QED) is 0.750. The topological polar surface area (TPSA) is 47.9 Å². The Balaban J connectivity index is 1.91. The molecule has 1 aromatic carbocycles. The first kappa shape index (κ1) is 16.9. The minimum Gasteiger partial charge on any atom is -0.362 e. The third-order valence-corrected chi connectivity index (χ3v) is 3.42. The summed E-state index contributed by atoms with van der Waals surface area (Å²) >= 11 is 0. The van der Waals surface area contributed by atoms with Crippen LogP contribution in [-0.2, 0) is 14.2 Å². The molecule has 1 aromatic rings. The van der Waals surface area contributed by atoms with Crippen LogP contribution in [0.5, 0.6) is 0 Å². The van der Waals surface area contributed by atoms with Crippen molar-refractivity contribution in [2.75, 3.05) is 19.8 Å². The highest BCUT2D eigenvalue weighted by atomic mass is 16.7. The zero-order valence-corrected chi connectivity index (χ0v) is 13.2. The molecule has 22 heavy (non-hydrogen) atoms. The summed E-state index contributed by atoms with van der Waals surface area (Å²) in [6, 6.07) is 10.1. The first-order valence-corrected chi connectivity index (χ1v) is 7.71. The average molecular weight is 304 g/mol. The lowest BCUT2D eigenvalue weighted by atomic mass is 9.96. The highest BCUT2D eigenvalue weighted by Crippen LogP contribution is 2.27. The molecule has 1 unspecified atom stereocenters. The molecule has 0 saturated heterocycles. The maximum atomic E-state index is 10.5. The van der Waals surface area contributed by atoms with Crippen LogP contribution in [0, 0.1) is 0 Å². The summed E-state index contributed by atoms with van der Waals surface area (Å²) in [5.41, 5.74) is 2.21. The van der Waals surface area contributed by atoms with Crippen molar-refractivity contribution in [2.24, 2.45) is 0 Å². The van der Waals surface area contributed by atoms with Gasteiger partial charge in [-0.1, -0.05) is 42.5 Å². The molecule has 2 rings (SSSR count). The Morgan fingerprint density at radius 2 is 1.82 bits per heavy atom. The highest BCUT2D eigenvalue weighted by Gasteiger charge is 2.27. The lowest BCUT2D eigenvalue weighted by molar-refractivity contribution is -0.231. The van der Waals surface area contributed by atoms with E-state index in [9.17, 15) is 5.11 Å². The van der Waals surface area contributed by atoms with Gasteiger partial charge in [0.05, 0.1) is 0 Å². The van der Waals surface area contributed by atoms with Gasteiger partial charge in [-0.25, -0.2) is 0 Å². The van der Waals surface area contributed by atoms with Crippen LogP contribution in [0.4, 0.5) is 0 Å². The van der Waals surface area contributed by atoms with E-state index in [0.29, 0.717) is 19.6 Å². The Labute approximate surface area is 132 Å². The number of rotatable bonds is 8. The standard InChI is InChI=1S/C18H24O4/c1-3-20-17(21-4-2)14-22-18(19)12-10-16(11-13-18)15-8-6-5-7-9-15/h5-12,17,19H,3-4,13-14H2,1-2H3. The summed E-state index contributed by atoms with van der Waals surface area (Å²) in [5, 5.41) is 10.5. The Morgan fingerprint density at radius 3 is 2.36 bits per heavy atom. The van der Waals surface area contributed by atoms with Crippen molar-refractivity contribution in [3.63, 3.8) is 0 Å².